The Balaban J connectivity index is 2.54. The largest absolute Gasteiger partial charge is 0.416 e. The highest BCUT2D eigenvalue weighted by atomic mass is 35.5. The second kappa shape index (κ2) is 12.8. The molecule has 0 aliphatic heterocycles. The van der Waals surface area contributed by atoms with Crippen molar-refractivity contribution >= 4 is 39.1 Å². The zero-order valence-electron chi connectivity index (χ0n) is 22.0. The van der Waals surface area contributed by atoms with Crippen LogP contribution in [0.2, 0.25) is 5.02 Å². The molecule has 0 aliphatic carbocycles. The number of benzene rings is 2. The Morgan fingerprint density at radius 1 is 1.11 bits per heavy atom. The number of alkyl halides is 3. The molecule has 1 atom stereocenters. The fraction of sp³-hybridized carbons (Fsp3) is 0.462. The lowest BCUT2D eigenvalue weighted by Gasteiger charge is -2.33. The highest BCUT2D eigenvalue weighted by Crippen LogP contribution is 2.36. The molecule has 0 radical (unpaired) electrons. The van der Waals surface area contributed by atoms with Crippen LogP contribution in [0, 0.1) is 12.8 Å². The van der Waals surface area contributed by atoms with E-state index in [0.29, 0.717) is 16.9 Å². The molecular weight excluding hydrogens is 543 g/mol. The zero-order valence-corrected chi connectivity index (χ0v) is 23.5. The normalized spacial score (nSPS) is 12.8. The first kappa shape index (κ1) is 31.4. The summed E-state index contributed by atoms with van der Waals surface area (Å²) in [5.74, 6) is -1.02. The van der Waals surface area contributed by atoms with Crippen LogP contribution in [0.15, 0.2) is 42.5 Å². The second-order valence-electron chi connectivity index (χ2n) is 9.44. The van der Waals surface area contributed by atoms with Crippen LogP contribution < -0.4 is 9.62 Å². The predicted octanol–water partition coefficient (Wildman–Crippen LogP) is 5.01. The summed E-state index contributed by atoms with van der Waals surface area (Å²) >= 11 is 6.11. The summed E-state index contributed by atoms with van der Waals surface area (Å²) in [5, 5.41) is 2.53. The van der Waals surface area contributed by atoms with E-state index in [1.807, 2.05) is 32.9 Å². The van der Waals surface area contributed by atoms with Crippen molar-refractivity contribution in [3.63, 3.8) is 0 Å². The maximum atomic E-state index is 13.7. The third-order valence-corrected chi connectivity index (χ3v) is 7.34. The van der Waals surface area contributed by atoms with E-state index in [2.05, 4.69) is 5.32 Å². The van der Waals surface area contributed by atoms with Crippen LogP contribution in [0.4, 0.5) is 18.9 Å². The molecule has 0 heterocycles. The summed E-state index contributed by atoms with van der Waals surface area (Å²) in [7, 11) is -4.25. The van der Waals surface area contributed by atoms with Gasteiger partial charge in [0.05, 0.1) is 22.5 Å². The maximum absolute atomic E-state index is 13.7. The van der Waals surface area contributed by atoms with Crippen molar-refractivity contribution in [2.75, 3.05) is 23.7 Å². The summed E-state index contributed by atoms with van der Waals surface area (Å²) in [6, 6.07) is 8.52. The van der Waals surface area contributed by atoms with E-state index in [4.69, 9.17) is 11.6 Å². The highest BCUT2D eigenvalue weighted by Gasteiger charge is 2.35. The Kier molecular flexibility index (Phi) is 10.6. The molecule has 2 aromatic carbocycles. The standard InChI is InChI=1S/C26H33ClF3N3O4S/c1-6-22(25(35)31-14-17(2)3)32(15-19-10-8-7-9-18(19)4)24(34)16-33(38(5,36)37)23-13-20(26(28,29)30)11-12-21(23)27/h7-13,17,22H,6,14-16H2,1-5H3,(H,31,35). The van der Waals surface area contributed by atoms with Gasteiger partial charge in [0.25, 0.3) is 0 Å². The molecule has 0 saturated heterocycles. The minimum absolute atomic E-state index is 0.00691. The molecule has 210 valence electrons. The van der Waals surface area contributed by atoms with Gasteiger partial charge in [0.1, 0.15) is 12.6 Å². The number of hydrogen-bond acceptors (Lipinski definition) is 4. The van der Waals surface area contributed by atoms with Gasteiger partial charge in [-0.2, -0.15) is 13.2 Å². The Hall–Kier alpha value is -2.79. The van der Waals surface area contributed by atoms with Crippen molar-refractivity contribution in [1.82, 2.24) is 10.2 Å². The summed E-state index contributed by atoms with van der Waals surface area (Å²) in [6.07, 6.45) is -3.76. The van der Waals surface area contributed by atoms with Crippen molar-refractivity contribution in [1.29, 1.82) is 0 Å². The molecule has 2 aromatic rings. The molecule has 1 unspecified atom stereocenters. The van der Waals surface area contributed by atoms with E-state index < -0.39 is 51.9 Å². The number of carbonyl (C=O) groups is 2. The van der Waals surface area contributed by atoms with Crippen LogP contribution in [0.3, 0.4) is 0 Å². The number of amides is 2. The SMILES string of the molecule is CCC(C(=O)NCC(C)C)N(Cc1ccccc1C)C(=O)CN(c1cc(C(F)(F)F)ccc1Cl)S(C)(=O)=O. The Morgan fingerprint density at radius 2 is 1.74 bits per heavy atom. The fourth-order valence-electron chi connectivity index (χ4n) is 3.79. The minimum atomic E-state index is -4.76. The van der Waals surface area contributed by atoms with Crippen LogP contribution in [-0.4, -0.2) is 50.5 Å². The van der Waals surface area contributed by atoms with Gasteiger partial charge >= 0.3 is 6.18 Å². The molecule has 7 nitrogen and oxygen atoms in total. The van der Waals surface area contributed by atoms with Gasteiger partial charge in [0, 0.05) is 13.1 Å². The Morgan fingerprint density at radius 3 is 2.26 bits per heavy atom. The Labute approximate surface area is 227 Å². The molecule has 12 heteroatoms. The Bertz CT molecular complexity index is 1250. The van der Waals surface area contributed by atoms with Gasteiger partial charge in [0.15, 0.2) is 0 Å². The van der Waals surface area contributed by atoms with E-state index in [0.717, 1.165) is 29.5 Å². The van der Waals surface area contributed by atoms with E-state index in [-0.39, 0.29) is 23.9 Å². The highest BCUT2D eigenvalue weighted by molar-refractivity contribution is 7.92. The molecule has 2 amide bonds. The average Bonchev–Trinajstić information content (AvgIpc) is 2.81. The first-order chi connectivity index (χ1) is 17.6. The number of hydrogen-bond donors (Lipinski definition) is 1. The molecule has 0 aliphatic rings. The van der Waals surface area contributed by atoms with Gasteiger partial charge in [-0.15, -0.1) is 0 Å². The average molecular weight is 576 g/mol. The van der Waals surface area contributed by atoms with Gasteiger partial charge in [-0.1, -0.05) is 56.6 Å². The molecular formula is C26H33ClF3N3O4S. The van der Waals surface area contributed by atoms with E-state index >= 15 is 0 Å². The lowest BCUT2D eigenvalue weighted by atomic mass is 10.1. The fourth-order valence-corrected chi connectivity index (χ4v) is 4.91. The topological polar surface area (TPSA) is 86.8 Å². The quantitative estimate of drug-likeness (QED) is 0.408. The summed E-state index contributed by atoms with van der Waals surface area (Å²) < 4.78 is 66.1. The number of anilines is 1. The molecule has 0 fully saturated rings. The first-order valence-corrected chi connectivity index (χ1v) is 14.2. The molecule has 2 rings (SSSR count). The lowest BCUT2D eigenvalue weighted by Crippen LogP contribution is -2.52. The number of rotatable bonds is 11. The number of aryl methyl sites for hydroxylation is 1. The van der Waals surface area contributed by atoms with Crippen molar-refractivity contribution in [3.05, 3.63) is 64.2 Å². The summed E-state index contributed by atoms with van der Waals surface area (Å²) in [6.45, 7) is 6.91. The monoisotopic (exact) mass is 575 g/mol. The number of halogens is 4. The van der Waals surface area contributed by atoms with Gasteiger partial charge < -0.3 is 10.2 Å². The third-order valence-electron chi connectivity index (χ3n) is 5.89. The number of carbonyl (C=O) groups excluding carboxylic acids is 2. The zero-order chi connectivity index (χ0) is 28.8. The first-order valence-electron chi connectivity index (χ1n) is 12.0. The van der Waals surface area contributed by atoms with Gasteiger partial charge in [-0.3, -0.25) is 13.9 Å². The van der Waals surface area contributed by atoms with Crippen LogP contribution in [-0.2, 0) is 32.3 Å². The van der Waals surface area contributed by atoms with Gasteiger partial charge in [-0.05, 0) is 48.6 Å². The molecule has 0 spiro atoms. The molecule has 0 bridgehead atoms. The molecule has 0 saturated carbocycles. The van der Waals surface area contributed by atoms with Crippen molar-refractivity contribution in [2.24, 2.45) is 5.92 Å². The predicted molar refractivity (Wildman–Crippen MR) is 142 cm³/mol. The summed E-state index contributed by atoms with van der Waals surface area (Å²) in [5.41, 5.74) is -0.0117. The van der Waals surface area contributed by atoms with E-state index in [1.54, 1.807) is 19.1 Å². The minimum Gasteiger partial charge on any atom is -0.354 e. The van der Waals surface area contributed by atoms with Crippen molar-refractivity contribution in [2.45, 2.75) is 52.9 Å². The maximum Gasteiger partial charge on any atom is 0.416 e. The van der Waals surface area contributed by atoms with Crippen molar-refractivity contribution in [3.8, 4) is 0 Å². The van der Waals surface area contributed by atoms with E-state index in [9.17, 15) is 31.2 Å². The summed E-state index contributed by atoms with van der Waals surface area (Å²) in [4.78, 5) is 28.0. The number of nitrogens with one attached hydrogen (secondary N) is 1. The number of sulfonamides is 1. The van der Waals surface area contributed by atoms with Gasteiger partial charge in [0.2, 0.25) is 21.8 Å². The third kappa shape index (κ3) is 8.36. The smallest absolute Gasteiger partial charge is 0.354 e. The second-order valence-corrected chi connectivity index (χ2v) is 11.8. The van der Waals surface area contributed by atoms with Crippen LogP contribution in [0.1, 0.15) is 43.9 Å². The molecule has 1 N–H and O–H groups in total. The molecule has 38 heavy (non-hydrogen) atoms. The molecule has 0 aromatic heterocycles. The lowest BCUT2D eigenvalue weighted by molar-refractivity contribution is -0.140. The van der Waals surface area contributed by atoms with E-state index in [1.165, 1.54) is 4.90 Å². The van der Waals surface area contributed by atoms with Gasteiger partial charge in [-0.25, -0.2) is 8.42 Å². The van der Waals surface area contributed by atoms with Crippen LogP contribution >= 0.6 is 11.6 Å². The number of nitrogens with zero attached hydrogens (tertiary/aromatic N) is 2. The van der Waals surface area contributed by atoms with Crippen LogP contribution in [0.25, 0.3) is 0 Å². The van der Waals surface area contributed by atoms with Crippen molar-refractivity contribution < 1.29 is 31.2 Å². The van der Waals surface area contributed by atoms with Crippen LogP contribution in [0.5, 0.6) is 0 Å².